The SMILES string of the molecule is COc1ccccc1CC(CCCCC(=O)c1cc2c(c(S(N)(=O)=O)c1)CCC2)C(C)(C)C. The molecule has 0 aromatic heterocycles. The first-order valence-electron chi connectivity index (χ1n) is 11.8. The molecule has 6 heteroatoms. The first kappa shape index (κ1) is 25.4. The van der Waals surface area contributed by atoms with Gasteiger partial charge in [0.1, 0.15) is 5.75 Å². The van der Waals surface area contributed by atoms with Gasteiger partial charge in [-0.25, -0.2) is 13.6 Å². The van der Waals surface area contributed by atoms with Crippen molar-refractivity contribution >= 4 is 15.8 Å². The van der Waals surface area contributed by atoms with E-state index in [1.54, 1.807) is 7.11 Å². The number of sulfonamides is 1. The Hall–Kier alpha value is -2.18. The molecule has 0 saturated heterocycles. The van der Waals surface area contributed by atoms with Gasteiger partial charge in [-0.1, -0.05) is 45.4 Å². The van der Waals surface area contributed by atoms with E-state index in [0.717, 1.165) is 55.4 Å². The summed E-state index contributed by atoms with van der Waals surface area (Å²) in [6.07, 6.45) is 6.48. The lowest BCUT2D eigenvalue weighted by atomic mass is 9.74. The van der Waals surface area contributed by atoms with Crippen LogP contribution < -0.4 is 9.88 Å². The third kappa shape index (κ3) is 6.45. The van der Waals surface area contributed by atoms with E-state index in [4.69, 9.17) is 9.88 Å². The zero-order valence-corrected chi connectivity index (χ0v) is 21.1. The van der Waals surface area contributed by atoms with E-state index in [-0.39, 0.29) is 16.1 Å². The van der Waals surface area contributed by atoms with Crippen LogP contribution in [0.5, 0.6) is 5.75 Å². The minimum Gasteiger partial charge on any atom is -0.496 e. The zero-order chi connectivity index (χ0) is 24.2. The molecule has 3 rings (SSSR count). The fraction of sp³-hybridized carbons (Fsp3) is 0.519. The number of ether oxygens (including phenoxy) is 1. The molecule has 0 aliphatic heterocycles. The lowest BCUT2D eigenvalue weighted by Gasteiger charge is -2.31. The number of fused-ring (bicyclic) bond motifs is 1. The average Bonchev–Trinajstić information content (AvgIpc) is 3.22. The minimum atomic E-state index is -3.83. The summed E-state index contributed by atoms with van der Waals surface area (Å²) in [6.45, 7) is 6.78. The van der Waals surface area contributed by atoms with Crippen molar-refractivity contribution < 1.29 is 17.9 Å². The summed E-state index contributed by atoms with van der Waals surface area (Å²) >= 11 is 0. The third-order valence-electron chi connectivity index (χ3n) is 6.89. The van der Waals surface area contributed by atoms with Gasteiger partial charge in [0.2, 0.25) is 10.0 Å². The summed E-state index contributed by atoms with van der Waals surface area (Å²) in [5.74, 6) is 1.37. The number of Topliss-reactive ketones (excluding diaryl/α,β-unsaturated/α-hetero) is 1. The Morgan fingerprint density at radius 3 is 2.52 bits per heavy atom. The van der Waals surface area contributed by atoms with Crippen molar-refractivity contribution in [1.82, 2.24) is 0 Å². The largest absolute Gasteiger partial charge is 0.496 e. The van der Waals surface area contributed by atoms with E-state index >= 15 is 0 Å². The summed E-state index contributed by atoms with van der Waals surface area (Å²) < 4.78 is 29.6. The van der Waals surface area contributed by atoms with Gasteiger partial charge in [0.25, 0.3) is 0 Å². The molecule has 2 aromatic carbocycles. The number of rotatable bonds is 10. The van der Waals surface area contributed by atoms with Gasteiger partial charge < -0.3 is 4.74 Å². The van der Waals surface area contributed by atoms with Crippen LogP contribution in [0, 0.1) is 11.3 Å². The van der Waals surface area contributed by atoms with Gasteiger partial charge in [-0.3, -0.25) is 4.79 Å². The summed E-state index contributed by atoms with van der Waals surface area (Å²) in [5, 5.41) is 5.43. The number of ketones is 1. The highest BCUT2D eigenvalue weighted by atomic mass is 32.2. The molecule has 0 saturated carbocycles. The van der Waals surface area contributed by atoms with Gasteiger partial charge in [-0.15, -0.1) is 0 Å². The summed E-state index contributed by atoms with van der Waals surface area (Å²) in [7, 11) is -2.13. The summed E-state index contributed by atoms with van der Waals surface area (Å²) in [4.78, 5) is 13.0. The highest BCUT2D eigenvalue weighted by molar-refractivity contribution is 7.89. The van der Waals surface area contributed by atoms with E-state index in [0.29, 0.717) is 24.3 Å². The molecule has 0 fully saturated rings. The molecule has 0 radical (unpaired) electrons. The predicted molar refractivity (Wildman–Crippen MR) is 132 cm³/mol. The molecule has 1 unspecified atom stereocenters. The Labute approximate surface area is 198 Å². The first-order valence-corrected chi connectivity index (χ1v) is 13.4. The van der Waals surface area contributed by atoms with Crippen molar-refractivity contribution in [1.29, 1.82) is 0 Å². The van der Waals surface area contributed by atoms with Crippen molar-refractivity contribution in [2.45, 2.75) is 77.0 Å². The topological polar surface area (TPSA) is 86.5 Å². The molecule has 0 bridgehead atoms. The molecule has 33 heavy (non-hydrogen) atoms. The van der Waals surface area contributed by atoms with Crippen LogP contribution >= 0.6 is 0 Å². The monoisotopic (exact) mass is 471 g/mol. The van der Waals surface area contributed by atoms with Crippen LogP contribution in [0.25, 0.3) is 0 Å². The Bertz CT molecular complexity index is 1100. The number of carbonyl (C=O) groups is 1. The number of benzene rings is 2. The van der Waals surface area contributed by atoms with E-state index in [9.17, 15) is 13.2 Å². The van der Waals surface area contributed by atoms with Gasteiger partial charge in [-0.05, 0) is 84.7 Å². The second kappa shape index (κ2) is 10.4. The van der Waals surface area contributed by atoms with E-state index < -0.39 is 10.0 Å². The highest BCUT2D eigenvalue weighted by Crippen LogP contribution is 2.35. The molecule has 1 aliphatic rings. The number of para-hydroxylation sites is 1. The van der Waals surface area contributed by atoms with E-state index in [1.165, 1.54) is 11.6 Å². The second-order valence-electron chi connectivity index (χ2n) is 10.3. The number of methoxy groups -OCH3 is 1. The fourth-order valence-corrected chi connectivity index (χ4v) is 5.75. The predicted octanol–water partition coefficient (Wildman–Crippen LogP) is 5.48. The normalized spacial score (nSPS) is 14.7. The molecular weight excluding hydrogens is 434 g/mol. The van der Waals surface area contributed by atoms with Crippen molar-refractivity contribution in [3.05, 3.63) is 58.7 Å². The van der Waals surface area contributed by atoms with Gasteiger partial charge in [-0.2, -0.15) is 0 Å². The smallest absolute Gasteiger partial charge is 0.238 e. The van der Waals surface area contributed by atoms with Gasteiger partial charge in [0.05, 0.1) is 12.0 Å². The van der Waals surface area contributed by atoms with Crippen LogP contribution in [0.4, 0.5) is 0 Å². The van der Waals surface area contributed by atoms with Crippen molar-refractivity contribution in [3.8, 4) is 5.75 Å². The zero-order valence-electron chi connectivity index (χ0n) is 20.3. The Kier molecular flexibility index (Phi) is 8.01. The molecule has 0 heterocycles. The lowest BCUT2D eigenvalue weighted by Crippen LogP contribution is -2.23. The minimum absolute atomic E-state index is 0.00774. The molecule has 2 aromatic rings. The molecule has 0 spiro atoms. The van der Waals surface area contributed by atoms with Crippen LogP contribution in [0.2, 0.25) is 0 Å². The lowest BCUT2D eigenvalue weighted by molar-refractivity contribution is 0.0977. The van der Waals surface area contributed by atoms with Crippen LogP contribution in [-0.4, -0.2) is 21.3 Å². The molecule has 0 amide bonds. The van der Waals surface area contributed by atoms with E-state index in [1.807, 2.05) is 24.3 Å². The quantitative estimate of drug-likeness (QED) is 0.367. The molecule has 2 N–H and O–H groups in total. The molecule has 180 valence electrons. The number of primary sulfonamides is 1. The molecule has 1 aliphatic carbocycles. The Balaban J connectivity index is 1.63. The molecule has 1 atom stereocenters. The maximum absolute atomic E-state index is 12.9. The van der Waals surface area contributed by atoms with Crippen molar-refractivity contribution in [2.24, 2.45) is 16.5 Å². The number of hydrogen-bond acceptors (Lipinski definition) is 4. The highest BCUT2D eigenvalue weighted by Gasteiger charge is 2.26. The Morgan fingerprint density at radius 1 is 1.12 bits per heavy atom. The standard InChI is InChI=1S/C27H37NO4S/c1-27(2,3)22(17-20-10-5-8-15-25(20)32-4)12-6-7-14-24(29)21-16-19-11-9-13-23(19)26(18-21)33(28,30)31/h5,8,10,15-16,18,22H,6-7,9,11-14,17H2,1-4H3,(H2,28,30,31). The van der Waals surface area contributed by atoms with Crippen LogP contribution in [-0.2, 0) is 29.3 Å². The fourth-order valence-electron chi connectivity index (χ4n) is 4.88. The number of aryl methyl sites for hydroxylation is 1. The first-order chi connectivity index (χ1) is 15.5. The summed E-state index contributed by atoms with van der Waals surface area (Å²) in [6, 6.07) is 11.5. The third-order valence-corrected chi connectivity index (χ3v) is 7.87. The maximum Gasteiger partial charge on any atom is 0.238 e. The molecule has 5 nitrogen and oxygen atoms in total. The number of carbonyl (C=O) groups excluding carboxylic acids is 1. The van der Waals surface area contributed by atoms with Gasteiger partial charge in [0, 0.05) is 12.0 Å². The average molecular weight is 472 g/mol. The number of nitrogens with two attached hydrogens (primary N) is 1. The number of unbranched alkanes of at least 4 members (excludes halogenated alkanes) is 1. The molecular formula is C27H37NO4S. The van der Waals surface area contributed by atoms with Crippen LogP contribution in [0.3, 0.4) is 0 Å². The van der Waals surface area contributed by atoms with Crippen molar-refractivity contribution in [3.63, 3.8) is 0 Å². The van der Waals surface area contributed by atoms with Crippen LogP contribution in [0.1, 0.15) is 79.9 Å². The van der Waals surface area contributed by atoms with Gasteiger partial charge >= 0.3 is 0 Å². The van der Waals surface area contributed by atoms with Gasteiger partial charge in [0.15, 0.2) is 5.78 Å². The van der Waals surface area contributed by atoms with Crippen LogP contribution in [0.15, 0.2) is 41.3 Å². The maximum atomic E-state index is 12.9. The number of hydrogen-bond donors (Lipinski definition) is 1. The van der Waals surface area contributed by atoms with Crippen molar-refractivity contribution in [2.75, 3.05) is 7.11 Å². The second-order valence-corrected chi connectivity index (χ2v) is 11.8. The summed E-state index contributed by atoms with van der Waals surface area (Å²) in [5.41, 5.74) is 3.56. The Morgan fingerprint density at radius 2 is 1.85 bits per heavy atom. The van der Waals surface area contributed by atoms with E-state index in [2.05, 4.69) is 26.8 Å².